The molecule has 244 valence electrons. The third-order valence-corrected chi connectivity index (χ3v) is 6.59. The number of hydrogen-bond acceptors (Lipinski definition) is 6. The molecule has 6 nitrogen and oxygen atoms in total. The lowest BCUT2D eigenvalue weighted by Gasteiger charge is -2.27. The van der Waals surface area contributed by atoms with E-state index in [0.717, 1.165) is 67.5 Å². The topological polar surface area (TPSA) is 71.1 Å². The smallest absolute Gasteiger partial charge is 0.459 e. The fourth-order valence-electron chi connectivity index (χ4n) is 3.96. The van der Waals surface area contributed by atoms with Crippen LogP contribution in [0, 0.1) is 0 Å². The van der Waals surface area contributed by atoms with Crippen LogP contribution in [0.1, 0.15) is 66.7 Å². The number of rotatable bonds is 15. The molecule has 0 N–H and O–H groups in total. The van der Waals surface area contributed by atoms with Crippen LogP contribution in [0.5, 0.6) is 11.5 Å². The Morgan fingerprint density at radius 2 is 1.20 bits per heavy atom. The number of esters is 2. The zero-order valence-electron chi connectivity index (χ0n) is 24.3. The van der Waals surface area contributed by atoms with Gasteiger partial charge in [-0.2, -0.15) is 35.6 Å². The normalized spacial score (nSPS) is 12.8. The Labute approximate surface area is 255 Å². The first kappa shape index (κ1) is 35.4. The molecule has 0 fully saturated rings. The maximum absolute atomic E-state index is 13.3. The minimum atomic E-state index is -6.49. The van der Waals surface area contributed by atoms with Gasteiger partial charge in [-0.25, -0.2) is 9.59 Å². The quantitative estimate of drug-likeness (QED) is 0.0410. The second-order valence-corrected chi connectivity index (χ2v) is 10.2. The van der Waals surface area contributed by atoms with Crippen molar-refractivity contribution in [2.24, 2.45) is 0 Å². The van der Waals surface area contributed by atoms with Gasteiger partial charge in [0, 0.05) is 0 Å². The van der Waals surface area contributed by atoms with Gasteiger partial charge in [-0.05, 0) is 79.4 Å². The van der Waals surface area contributed by atoms with E-state index in [-0.39, 0.29) is 23.2 Å². The molecule has 0 aliphatic heterocycles. The lowest BCUT2D eigenvalue weighted by Crippen LogP contribution is -2.54. The second-order valence-electron chi connectivity index (χ2n) is 10.2. The molecule has 0 heterocycles. The SMILES string of the molecule is CCCCCC[C@H](C)OC(=O)c1ccc(-c2ccc(OC(=O)c3ccc(OOCC(F)(F)C(F)(F)C(F)(F)F)cc3)cc2)cc1. The van der Waals surface area contributed by atoms with Crippen LogP contribution in [0.15, 0.2) is 72.8 Å². The van der Waals surface area contributed by atoms with Gasteiger partial charge in [-0.15, -0.1) is 0 Å². The summed E-state index contributed by atoms with van der Waals surface area (Å²) in [6.45, 7) is 1.63. The first-order valence-corrected chi connectivity index (χ1v) is 14.0. The highest BCUT2D eigenvalue weighted by atomic mass is 19.4. The van der Waals surface area contributed by atoms with Crippen molar-refractivity contribution < 1.29 is 59.6 Å². The summed E-state index contributed by atoms with van der Waals surface area (Å²) in [5.74, 6) is -13.3. The molecule has 0 radical (unpaired) electrons. The summed E-state index contributed by atoms with van der Waals surface area (Å²) in [6.07, 6.45) is -1.47. The molecule has 0 aliphatic rings. The van der Waals surface area contributed by atoms with Crippen LogP contribution in [-0.2, 0) is 9.62 Å². The van der Waals surface area contributed by atoms with Crippen molar-refractivity contribution in [1.29, 1.82) is 0 Å². The van der Waals surface area contributed by atoms with E-state index >= 15 is 0 Å². The number of carbonyl (C=O) groups is 2. The number of alkyl halides is 7. The van der Waals surface area contributed by atoms with Crippen LogP contribution in [0.4, 0.5) is 30.7 Å². The summed E-state index contributed by atoms with van der Waals surface area (Å²) in [6, 6.07) is 17.7. The number of carbonyl (C=O) groups excluding carboxylic acids is 2. The largest absolute Gasteiger partial charge is 0.459 e. The first-order chi connectivity index (χ1) is 21.1. The minimum absolute atomic E-state index is 0.0156. The lowest BCUT2D eigenvalue weighted by atomic mass is 10.0. The minimum Gasteiger partial charge on any atom is -0.459 e. The summed E-state index contributed by atoms with van der Waals surface area (Å²) in [5, 5.41) is 0. The van der Waals surface area contributed by atoms with Crippen molar-refractivity contribution in [3.05, 3.63) is 83.9 Å². The fourth-order valence-corrected chi connectivity index (χ4v) is 3.96. The molecular weight excluding hydrogens is 613 g/mol. The van der Waals surface area contributed by atoms with E-state index in [1.165, 1.54) is 12.1 Å². The Hall–Kier alpha value is -4.13. The Kier molecular flexibility index (Phi) is 12.0. The van der Waals surface area contributed by atoms with E-state index in [1.54, 1.807) is 36.4 Å². The molecule has 0 saturated carbocycles. The Bertz CT molecular complexity index is 1390. The average molecular weight is 645 g/mol. The highest BCUT2D eigenvalue weighted by Gasteiger charge is 2.73. The molecule has 0 bridgehead atoms. The summed E-state index contributed by atoms with van der Waals surface area (Å²) < 4.78 is 99.7. The van der Waals surface area contributed by atoms with Crippen molar-refractivity contribution in [1.82, 2.24) is 0 Å². The molecule has 0 aromatic heterocycles. The van der Waals surface area contributed by atoms with Gasteiger partial charge in [0.05, 0.1) is 17.2 Å². The van der Waals surface area contributed by atoms with Gasteiger partial charge in [0.15, 0.2) is 12.4 Å². The molecule has 0 amide bonds. The molecule has 3 rings (SSSR count). The first-order valence-electron chi connectivity index (χ1n) is 14.0. The van der Waals surface area contributed by atoms with Crippen molar-refractivity contribution >= 4 is 11.9 Å². The van der Waals surface area contributed by atoms with E-state index in [2.05, 4.69) is 16.7 Å². The van der Waals surface area contributed by atoms with Crippen molar-refractivity contribution in [3.8, 4) is 22.6 Å². The molecule has 0 saturated heterocycles. The highest BCUT2D eigenvalue weighted by Crippen LogP contribution is 2.46. The number of hydrogen-bond donors (Lipinski definition) is 0. The third kappa shape index (κ3) is 9.68. The molecule has 0 unspecified atom stereocenters. The fraction of sp³-hybridized carbons (Fsp3) is 0.375. The van der Waals surface area contributed by atoms with Gasteiger partial charge in [0.1, 0.15) is 5.75 Å². The Morgan fingerprint density at radius 1 is 0.689 bits per heavy atom. The number of halogens is 7. The molecule has 0 aliphatic carbocycles. The monoisotopic (exact) mass is 644 g/mol. The van der Waals surface area contributed by atoms with E-state index in [4.69, 9.17) is 9.47 Å². The molecule has 0 spiro atoms. The van der Waals surface area contributed by atoms with Gasteiger partial charge in [0.2, 0.25) is 0 Å². The lowest BCUT2D eigenvalue weighted by molar-refractivity contribution is -0.378. The molecule has 45 heavy (non-hydrogen) atoms. The number of benzene rings is 3. The van der Waals surface area contributed by atoms with E-state index in [9.17, 15) is 40.3 Å². The van der Waals surface area contributed by atoms with Crippen molar-refractivity contribution in [2.75, 3.05) is 6.61 Å². The van der Waals surface area contributed by atoms with E-state index < -0.39 is 36.6 Å². The molecule has 13 heteroatoms. The van der Waals surface area contributed by atoms with Crippen LogP contribution >= 0.6 is 0 Å². The maximum Gasteiger partial charge on any atom is 0.459 e. The van der Waals surface area contributed by atoms with Crippen molar-refractivity contribution in [2.45, 2.75) is 70.1 Å². The standard InChI is InChI=1S/C32H31F7O6/c1-3-4-5-6-7-21(2)43-28(40)24-10-8-22(9-11-24)23-12-16-26(17-13-23)44-29(41)25-14-18-27(19-15-25)45-42-20-30(33,34)31(35,36)32(37,38)39/h8-19,21H,3-7,20H2,1-2H3/t21-/m0/s1. The van der Waals surface area contributed by atoms with Crippen LogP contribution in [0.25, 0.3) is 11.1 Å². The van der Waals surface area contributed by atoms with Crippen LogP contribution in [-0.4, -0.2) is 42.7 Å². The molecular formula is C32H31F7O6. The zero-order chi connectivity index (χ0) is 33.3. The predicted octanol–water partition coefficient (Wildman–Crippen LogP) is 9.23. The van der Waals surface area contributed by atoms with Crippen LogP contribution in [0.3, 0.4) is 0 Å². The predicted molar refractivity (Wildman–Crippen MR) is 149 cm³/mol. The van der Waals surface area contributed by atoms with Gasteiger partial charge >= 0.3 is 30.0 Å². The highest BCUT2D eigenvalue weighted by molar-refractivity contribution is 5.91. The Balaban J connectivity index is 1.50. The van der Waals surface area contributed by atoms with E-state index in [1.807, 2.05) is 6.92 Å². The summed E-state index contributed by atoms with van der Waals surface area (Å²) in [7, 11) is 0. The summed E-state index contributed by atoms with van der Waals surface area (Å²) in [5.41, 5.74) is 1.99. The van der Waals surface area contributed by atoms with Gasteiger partial charge in [-0.3, -0.25) is 0 Å². The Morgan fingerprint density at radius 3 is 1.76 bits per heavy atom. The summed E-state index contributed by atoms with van der Waals surface area (Å²) in [4.78, 5) is 33.2. The molecule has 3 aromatic carbocycles. The average Bonchev–Trinajstić information content (AvgIpc) is 2.99. The second kappa shape index (κ2) is 15.2. The van der Waals surface area contributed by atoms with E-state index in [0.29, 0.717) is 5.56 Å². The van der Waals surface area contributed by atoms with Crippen LogP contribution < -0.4 is 9.62 Å². The van der Waals surface area contributed by atoms with Gasteiger partial charge in [-0.1, -0.05) is 50.5 Å². The number of unbranched alkanes of at least 4 members (excludes halogenated alkanes) is 3. The van der Waals surface area contributed by atoms with Crippen LogP contribution in [0.2, 0.25) is 0 Å². The zero-order valence-corrected chi connectivity index (χ0v) is 24.3. The van der Waals surface area contributed by atoms with Gasteiger partial charge < -0.3 is 14.4 Å². The maximum atomic E-state index is 13.3. The number of ether oxygens (including phenoxy) is 2. The van der Waals surface area contributed by atoms with Crippen molar-refractivity contribution in [3.63, 3.8) is 0 Å². The molecule has 3 aromatic rings. The van der Waals surface area contributed by atoms with Gasteiger partial charge in [0.25, 0.3) is 0 Å². The summed E-state index contributed by atoms with van der Waals surface area (Å²) >= 11 is 0. The molecule has 1 atom stereocenters. The third-order valence-electron chi connectivity index (χ3n) is 6.59.